The molecule has 98 valence electrons. The van der Waals surface area contributed by atoms with E-state index < -0.39 is 43.0 Å². The molecule has 17 heavy (non-hydrogen) atoms. The molecule has 0 bridgehead atoms. The van der Waals surface area contributed by atoms with E-state index in [-0.39, 0.29) is 11.3 Å². The number of carbonyl (C=O) groups excluding carboxylic acids is 1. The summed E-state index contributed by atoms with van der Waals surface area (Å²) < 4.78 is 62.6. The van der Waals surface area contributed by atoms with Crippen molar-refractivity contribution in [1.29, 1.82) is 0 Å². The zero-order valence-corrected chi connectivity index (χ0v) is 8.30. The Balaban J connectivity index is 3.05. The fourth-order valence-electron chi connectivity index (χ4n) is 1.67. The summed E-state index contributed by atoms with van der Waals surface area (Å²) >= 11 is 0. The summed E-state index contributed by atoms with van der Waals surface area (Å²) in [4.78, 5) is 21.1. The highest BCUT2D eigenvalue weighted by Gasteiger charge is 2.56. The summed E-state index contributed by atoms with van der Waals surface area (Å²) in [6.45, 7) is -0.648. The first kappa shape index (κ1) is 13.7. The maximum absolute atomic E-state index is 13.2. The van der Waals surface area contributed by atoms with Gasteiger partial charge >= 0.3 is 18.1 Å². The second-order valence-corrected chi connectivity index (χ2v) is 3.60. The second kappa shape index (κ2) is 4.11. The van der Waals surface area contributed by atoms with Crippen molar-refractivity contribution in [3.63, 3.8) is 0 Å². The van der Waals surface area contributed by atoms with Crippen LogP contribution < -0.4 is 0 Å². The Labute approximate surface area is 92.0 Å². The number of carbonyl (C=O) groups is 2. The van der Waals surface area contributed by atoms with Crippen LogP contribution in [0.4, 0.5) is 22.0 Å². The van der Waals surface area contributed by atoms with Gasteiger partial charge in [-0.3, -0.25) is 4.79 Å². The second-order valence-electron chi connectivity index (χ2n) is 3.60. The van der Waals surface area contributed by atoms with E-state index in [0.717, 1.165) is 0 Å². The number of hydrogen-bond donors (Lipinski definition) is 1. The predicted octanol–water partition coefficient (Wildman–Crippen LogP) is 1.26. The summed E-state index contributed by atoms with van der Waals surface area (Å²) in [5, 5.41) is 8.52. The molecular formula is C8H8F5NO3. The minimum absolute atomic E-state index is 0.328. The van der Waals surface area contributed by atoms with E-state index in [4.69, 9.17) is 5.11 Å². The normalized spacial score (nSPS) is 24.5. The monoisotopic (exact) mass is 261 g/mol. The molecule has 1 fully saturated rings. The van der Waals surface area contributed by atoms with E-state index in [2.05, 4.69) is 0 Å². The van der Waals surface area contributed by atoms with Gasteiger partial charge in [-0.2, -0.15) is 13.2 Å². The lowest BCUT2D eigenvalue weighted by Gasteiger charge is -2.38. The van der Waals surface area contributed by atoms with Gasteiger partial charge in [0.05, 0.1) is 0 Å². The highest BCUT2D eigenvalue weighted by Crippen LogP contribution is 2.35. The van der Waals surface area contributed by atoms with E-state index in [1.807, 2.05) is 0 Å². The number of nitrogens with zero attached hydrogens (tertiary/aromatic N) is 1. The van der Waals surface area contributed by atoms with Crippen molar-refractivity contribution in [2.24, 2.45) is 0 Å². The third kappa shape index (κ3) is 2.64. The molecule has 1 aliphatic rings. The van der Waals surface area contributed by atoms with E-state index in [1.165, 1.54) is 0 Å². The third-order valence-electron chi connectivity index (χ3n) is 2.36. The number of rotatable bonds is 1. The summed E-state index contributed by atoms with van der Waals surface area (Å²) in [5.41, 5.74) is 0. The molecule has 1 heterocycles. The number of halogens is 5. The molecule has 1 unspecified atom stereocenters. The first-order valence-corrected chi connectivity index (χ1v) is 4.56. The van der Waals surface area contributed by atoms with Gasteiger partial charge in [0.2, 0.25) is 0 Å². The Hall–Kier alpha value is -1.41. The molecule has 0 saturated carbocycles. The average Bonchev–Trinajstić information content (AvgIpc) is 2.12. The van der Waals surface area contributed by atoms with Crippen LogP contribution in [0.2, 0.25) is 0 Å². The molecule has 0 aromatic rings. The maximum atomic E-state index is 13.2. The highest BCUT2D eigenvalue weighted by atomic mass is 19.4. The standard InChI is InChI=1S/C8H8F5NO3/c9-7(10)2-1-3-14(4(7)5(15)16)6(17)8(11,12)13/h4H,1-3H2,(H,15,16). The van der Waals surface area contributed by atoms with E-state index in [9.17, 15) is 31.5 Å². The molecule has 0 aromatic heterocycles. The predicted molar refractivity (Wildman–Crippen MR) is 43.4 cm³/mol. The number of likely N-dealkylation sites (tertiary alicyclic amines) is 1. The van der Waals surface area contributed by atoms with Gasteiger partial charge in [-0.15, -0.1) is 0 Å². The van der Waals surface area contributed by atoms with Crippen LogP contribution >= 0.6 is 0 Å². The van der Waals surface area contributed by atoms with Crippen LogP contribution in [0.15, 0.2) is 0 Å². The molecule has 0 spiro atoms. The number of piperidine rings is 1. The fourth-order valence-corrected chi connectivity index (χ4v) is 1.67. The van der Waals surface area contributed by atoms with Crippen LogP contribution in [0.3, 0.4) is 0 Å². The van der Waals surface area contributed by atoms with Crippen LogP contribution in [-0.2, 0) is 9.59 Å². The van der Waals surface area contributed by atoms with Gasteiger partial charge in [0.25, 0.3) is 5.92 Å². The summed E-state index contributed by atoms with van der Waals surface area (Å²) in [6, 6.07) is -2.76. The third-order valence-corrected chi connectivity index (χ3v) is 2.36. The smallest absolute Gasteiger partial charge is 0.471 e. The lowest BCUT2D eigenvalue weighted by Crippen LogP contribution is -2.60. The SMILES string of the molecule is O=C(O)C1N(C(=O)C(F)(F)F)CCCC1(F)F. The van der Waals surface area contributed by atoms with Crippen LogP contribution in [0.1, 0.15) is 12.8 Å². The van der Waals surface area contributed by atoms with Crippen molar-refractivity contribution in [3.8, 4) is 0 Å². The van der Waals surface area contributed by atoms with Gasteiger partial charge in [0.15, 0.2) is 6.04 Å². The molecule has 1 amide bonds. The van der Waals surface area contributed by atoms with Crippen molar-refractivity contribution in [2.45, 2.75) is 31.0 Å². The van der Waals surface area contributed by atoms with E-state index in [0.29, 0.717) is 0 Å². The molecule has 1 aliphatic heterocycles. The van der Waals surface area contributed by atoms with Gasteiger partial charge in [0, 0.05) is 13.0 Å². The first-order valence-electron chi connectivity index (χ1n) is 4.56. The Bertz CT molecular complexity index is 341. The van der Waals surface area contributed by atoms with Crippen molar-refractivity contribution < 1.29 is 36.6 Å². The van der Waals surface area contributed by atoms with E-state index >= 15 is 0 Å². The van der Waals surface area contributed by atoms with Gasteiger partial charge < -0.3 is 10.0 Å². The van der Waals surface area contributed by atoms with Crippen LogP contribution in [0, 0.1) is 0 Å². The Morgan fingerprint density at radius 1 is 1.29 bits per heavy atom. The Morgan fingerprint density at radius 3 is 2.24 bits per heavy atom. The zero-order valence-electron chi connectivity index (χ0n) is 8.30. The minimum atomic E-state index is -5.36. The Kier molecular flexibility index (Phi) is 3.30. The Morgan fingerprint density at radius 2 is 1.82 bits per heavy atom. The van der Waals surface area contributed by atoms with Gasteiger partial charge in [-0.25, -0.2) is 13.6 Å². The van der Waals surface area contributed by atoms with Crippen molar-refractivity contribution in [2.75, 3.05) is 6.54 Å². The number of alkyl halides is 5. The largest absolute Gasteiger partial charge is 0.480 e. The quantitative estimate of drug-likeness (QED) is 0.723. The molecule has 9 heteroatoms. The van der Waals surface area contributed by atoms with Gasteiger partial charge in [-0.1, -0.05) is 0 Å². The maximum Gasteiger partial charge on any atom is 0.471 e. The molecule has 1 saturated heterocycles. The average molecular weight is 261 g/mol. The minimum Gasteiger partial charge on any atom is -0.480 e. The molecule has 0 radical (unpaired) electrons. The molecule has 1 atom stereocenters. The summed E-state index contributed by atoms with van der Waals surface area (Å²) in [7, 11) is 0. The van der Waals surface area contributed by atoms with E-state index in [1.54, 1.807) is 0 Å². The molecule has 0 aromatic carbocycles. The number of amides is 1. The number of aliphatic carboxylic acids is 1. The van der Waals surface area contributed by atoms with Crippen LogP contribution in [0.25, 0.3) is 0 Å². The lowest BCUT2D eigenvalue weighted by atomic mass is 9.97. The molecule has 1 rings (SSSR count). The van der Waals surface area contributed by atoms with Crippen LogP contribution in [-0.4, -0.2) is 46.6 Å². The number of carboxylic acid groups (broad SMARTS) is 1. The topological polar surface area (TPSA) is 57.6 Å². The van der Waals surface area contributed by atoms with Gasteiger partial charge in [-0.05, 0) is 6.42 Å². The summed E-state index contributed by atoms with van der Waals surface area (Å²) in [6.07, 6.45) is -6.59. The molecule has 0 aliphatic carbocycles. The molecule has 4 nitrogen and oxygen atoms in total. The molecular weight excluding hydrogens is 253 g/mol. The van der Waals surface area contributed by atoms with Crippen molar-refractivity contribution >= 4 is 11.9 Å². The number of hydrogen-bond acceptors (Lipinski definition) is 2. The van der Waals surface area contributed by atoms with Gasteiger partial charge in [0.1, 0.15) is 0 Å². The van der Waals surface area contributed by atoms with Crippen molar-refractivity contribution in [3.05, 3.63) is 0 Å². The fraction of sp³-hybridized carbons (Fsp3) is 0.750. The van der Waals surface area contributed by atoms with Crippen LogP contribution in [0.5, 0.6) is 0 Å². The first-order chi connectivity index (χ1) is 7.57. The van der Waals surface area contributed by atoms with Crippen molar-refractivity contribution in [1.82, 2.24) is 4.90 Å². The highest BCUT2D eigenvalue weighted by molar-refractivity contribution is 5.87. The molecule has 1 N–H and O–H groups in total. The zero-order chi connectivity index (χ0) is 13.4. The number of carboxylic acids is 1. The lowest BCUT2D eigenvalue weighted by molar-refractivity contribution is -0.204. The summed E-state index contributed by atoms with van der Waals surface area (Å²) in [5.74, 6) is -8.55.